The Morgan fingerprint density at radius 1 is 1.40 bits per heavy atom. The van der Waals surface area contributed by atoms with Gasteiger partial charge in [-0.2, -0.15) is 0 Å². The van der Waals surface area contributed by atoms with Gasteiger partial charge in [0, 0.05) is 6.42 Å². The molecule has 0 amide bonds. The molecule has 0 saturated carbocycles. The van der Waals surface area contributed by atoms with Gasteiger partial charge in [-0.05, 0) is 42.9 Å². The van der Waals surface area contributed by atoms with Crippen LogP contribution in [0.2, 0.25) is 0 Å². The molecule has 1 aromatic heterocycles. The third-order valence-corrected chi connectivity index (χ3v) is 5.80. The number of nitrogens with zero attached hydrogens (tertiary/aromatic N) is 1. The van der Waals surface area contributed by atoms with Crippen molar-refractivity contribution >= 4 is 20.9 Å². The highest BCUT2D eigenvalue weighted by atomic mass is 32.2. The molecular weight excluding hydrogens is 274 g/mol. The van der Waals surface area contributed by atoms with Crippen LogP contribution in [-0.4, -0.2) is 24.9 Å². The molecule has 4 nitrogen and oxygen atoms in total. The quantitative estimate of drug-likeness (QED) is 0.869. The fraction of sp³-hybridized carbons (Fsp3) is 0.533. The highest BCUT2D eigenvalue weighted by Gasteiger charge is 2.27. The maximum atomic E-state index is 11.4. The van der Waals surface area contributed by atoms with Crippen LogP contribution in [0.4, 0.5) is 0 Å². The van der Waals surface area contributed by atoms with Crippen LogP contribution >= 0.6 is 0 Å². The molecule has 0 aliphatic carbocycles. The van der Waals surface area contributed by atoms with Crippen LogP contribution in [0.25, 0.3) is 11.1 Å². The summed E-state index contributed by atoms with van der Waals surface area (Å²) >= 11 is 0. The van der Waals surface area contributed by atoms with Crippen LogP contribution in [0, 0.1) is 5.92 Å². The molecule has 2 heterocycles. The Bertz CT molecular complexity index is 718. The largest absolute Gasteiger partial charge is 0.441 e. The van der Waals surface area contributed by atoms with Crippen molar-refractivity contribution in [2.45, 2.75) is 32.6 Å². The minimum absolute atomic E-state index is 0.319. The first kappa shape index (κ1) is 13.6. The Hall–Kier alpha value is -1.36. The monoisotopic (exact) mass is 293 g/mol. The SMILES string of the molecule is CCc1nc2cc(CCC3CCS(=O)(=O)C3)ccc2o1. The van der Waals surface area contributed by atoms with Crippen molar-refractivity contribution < 1.29 is 12.8 Å². The molecule has 1 unspecified atom stereocenters. The van der Waals surface area contributed by atoms with Gasteiger partial charge in [-0.15, -0.1) is 0 Å². The molecule has 0 bridgehead atoms. The first-order valence-corrected chi connectivity index (χ1v) is 8.96. The van der Waals surface area contributed by atoms with Crippen molar-refractivity contribution in [3.63, 3.8) is 0 Å². The van der Waals surface area contributed by atoms with E-state index in [1.54, 1.807) is 0 Å². The van der Waals surface area contributed by atoms with Crippen molar-refractivity contribution in [3.8, 4) is 0 Å². The summed E-state index contributed by atoms with van der Waals surface area (Å²) in [6, 6.07) is 6.07. The van der Waals surface area contributed by atoms with Crippen molar-refractivity contribution in [3.05, 3.63) is 29.7 Å². The molecule has 1 fully saturated rings. The summed E-state index contributed by atoms with van der Waals surface area (Å²) in [6.07, 6.45) is 3.45. The van der Waals surface area contributed by atoms with E-state index in [0.29, 0.717) is 17.4 Å². The highest BCUT2D eigenvalue weighted by Crippen LogP contribution is 2.24. The minimum Gasteiger partial charge on any atom is -0.441 e. The lowest BCUT2D eigenvalue weighted by molar-refractivity contribution is 0.537. The summed E-state index contributed by atoms with van der Waals surface area (Å²) in [7, 11) is -2.76. The molecule has 1 saturated heterocycles. The average molecular weight is 293 g/mol. The lowest BCUT2D eigenvalue weighted by Gasteiger charge is -2.06. The fourth-order valence-electron chi connectivity index (χ4n) is 2.80. The molecular formula is C15H19NO3S. The van der Waals surface area contributed by atoms with Gasteiger partial charge in [-0.1, -0.05) is 13.0 Å². The van der Waals surface area contributed by atoms with Gasteiger partial charge in [-0.3, -0.25) is 0 Å². The first-order valence-electron chi connectivity index (χ1n) is 7.14. The summed E-state index contributed by atoms with van der Waals surface area (Å²) in [4.78, 5) is 4.43. The number of benzene rings is 1. The zero-order valence-electron chi connectivity index (χ0n) is 11.6. The van der Waals surface area contributed by atoms with E-state index in [2.05, 4.69) is 17.1 Å². The smallest absolute Gasteiger partial charge is 0.195 e. The molecule has 2 aromatic rings. The van der Waals surface area contributed by atoms with Gasteiger partial charge in [0.05, 0.1) is 11.5 Å². The van der Waals surface area contributed by atoms with Gasteiger partial charge in [0.15, 0.2) is 21.3 Å². The van der Waals surface area contributed by atoms with Gasteiger partial charge >= 0.3 is 0 Å². The van der Waals surface area contributed by atoms with Crippen LogP contribution < -0.4 is 0 Å². The molecule has 1 aliphatic heterocycles. The highest BCUT2D eigenvalue weighted by molar-refractivity contribution is 7.91. The standard InChI is InChI=1S/C15H19NO3S/c1-2-15-16-13-9-11(5-6-14(13)19-15)3-4-12-7-8-20(17,18)10-12/h5-6,9,12H,2-4,7-8,10H2,1H3. The van der Waals surface area contributed by atoms with Crippen LogP contribution in [-0.2, 0) is 22.7 Å². The number of sulfone groups is 1. The zero-order chi connectivity index (χ0) is 14.2. The van der Waals surface area contributed by atoms with E-state index >= 15 is 0 Å². The summed E-state index contributed by atoms with van der Waals surface area (Å²) < 4.78 is 28.5. The van der Waals surface area contributed by atoms with E-state index in [0.717, 1.165) is 42.7 Å². The van der Waals surface area contributed by atoms with Crippen molar-refractivity contribution in [1.82, 2.24) is 4.98 Å². The summed E-state index contributed by atoms with van der Waals surface area (Å²) in [5, 5.41) is 0. The zero-order valence-corrected chi connectivity index (χ0v) is 12.4. The third kappa shape index (κ3) is 2.87. The van der Waals surface area contributed by atoms with Gasteiger partial charge < -0.3 is 4.42 Å². The Morgan fingerprint density at radius 2 is 2.25 bits per heavy atom. The van der Waals surface area contributed by atoms with Crippen LogP contribution in [0.1, 0.15) is 31.2 Å². The molecule has 1 aliphatic rings. The molecule has 1 aromatic carbocycles. The topological polar surface area (TPSA) is 60.2 Å². The predicted octanol–water partition coefficient (Wildman–Crippen LogP) is 2.76. The van der Waals surface area contributed by atoms with Crippen molar-refractivity contribution in [1.29, 1.82) is 0 Å². The summed E-state index contributed by atoms with van der Waals surface area (Å²) in [5.74, 6) is 1.80. The van der Waals surface area contributed by atoms with E-state index < -0.39 is 9.84 Å². The predicted molar refractivity (Wildman–Crippen MR) is 78.5 cm³/mol. The Labute approximate surface area is 119 Å². The van der Waals surface area contributed by atoms with E-state index in [1.165, 1.54) is 5.56 Å². The second-order valence-electron chi connectivity index (χ2n) is 5.57. The molecule has 0 spiro atoms. The molecule has 0 radical (unpaired) electrons. The van der Waals surface area contributed by atoms with Crippen molar-refractivity contribution in [2.24, 2.45) is 5.92 Å². The number of rotatable bonds is 4. The van der Waals surface area contributed by atoms with Crippen LogP contribution in [0.5, 0.6) is 0 Å². The second kappa shape index (κ2) is 5.20. The number of aromatic nitrogens is 1. The van der Waals surface area contributed by atoms with Gasteiger partial charge in [0.1, 0.15) is 5.52 Å². The maximum absolute atomic E-state index is 11.4. The minimum atomic E-state index is -2.76. The van der Waals surface area contributed by atoms with Gasteiger partial charge in [0.2, 0.25) is 0 Å². The molecule has 108 valence electrons. The fourth-order valence-corrected chi connectivity index (χ4v) is 4.71. The van der Waals surface area contributed by atoms with Crippen LogP contribution in [0.15, 0.2) is 22.6 Å². The summed E-state index contributed by atoms with van der Waals surface area (Å²) in [6.45, 7) is 2.02. The molecule has 0 N–H and O–H groups in total. The Kier molecular flexibility index (Phi) is 3.54. The number of hydrogen-bond donors (Lipinski definition) is 0. The molecule has 1 atom stereocenters. The van der Waals surface area contributed by atoms with E-state index in [9.17, 15) is 8.42 Å². The summed E-state index contributed by atoms with van der Waals surface area (Å²) in [5.41, 5.74) is 2.94. The van der Waals surface area contributed by atoms with Crippen molar-refractivity contribution in [2.75, 3.05) is 11.5 Å². The van der Waals surface area contributed by atoms with Crippen LogP contribution in [0.3, 0.4) is 0 Å². The molecule has 20 heavy (non-hydrogen) atoms. The number of fused-ring (bicyclic) bond motifs is 1. The maximum Gasteiger partial charge on any atom is 0.195 e. The lowest BCUT2D eigenvalue weighted by atomic mass is 9.99. The number of oxazole rings is 1. The lowest BCUT2D eigenvalue weighted by Crippen LogP contribution is -2.05. The first-order chi connectivity index (χ1) is 9.55. The van der Waals surface area contributed by atoms with Gasteiger partial charge in [0.25, 0.3) is 0 Å². The van der Waals surface area contributed by atoms with E-state index in [4.69, 9.17) is 4.42 Å². The van der Waals surface area contributed by atoms with E-state index in [1.807, 2.05) is 13.0 Å². The number of hydrogen-bond acceptors (Lipinski definition) is 4. The van der Waals surface area contributed by atoms with Gasteiger partial charge in [-0.25, -0.2) is 13.4 Å². The number of aryl methyl sites for hydroxylation is 2. The Morgan fingerprint density at radius 3 is 2.95 bits per heavy atom. The molecule has 3 rings (SSSR count). The second-order valence-corrected chi connectivity index (χ2v) is 7.80. The molecule has 5 heteroatoms. The Balaban J connectivity index is 1.68. The third-order valence-electron chi connectivity index (χ3n) is 3.97. The average Bonchev–Trinajstić information content (AvgIpc) is 2.98. The van der Waals surface area contributed by atoms with E-state index in [-0.39, 0.29) is 0 Å². The normalized spacial score (nSPS) is 21.6.